The van der Waals surface area contributed by atoms with Crippen molar-refractivity contribution in [2.45, 2.75) is 13.0 Å². The second-order valence-corrected chi connectivity index (χ2v) is 6.62. The first kappa shape index (κ1) is 19.3. The second-order valence-electron chi connectivity index (χ2n) is 5.27. The molecule has 0 fully saturated rings. The molecule has 1 atom stereocenters. The molecule has 2 amide bonds. The van der Waals surface area contributed by atoms with Crippen molar-refractivity contribution in [2.75, 3.05) is 13.1 Å². The highest BCUT2D eigenvalue weighted by Gasteiger charge is 2.14. The van der Waals surface area contributed by atoms with E-state index < -0.39 is 6.10 Å². The van der Waals surface area contributed by atoms with Gasteiger partial charge < -0.3 is 15.4 Å². The predicted molar refractivity (Wildman–Crippen MR) is 101 cm³/mol. The predicted octanol–water partition coefficient (Wildman–Crippen LogP) is 3.42. The van der Waals surface area contributed by atoms with Crippen molar-refractivity contribution in [2.24, 2.45) is 0 Å². The van der Waals surface area contributed by atoms with Gasteiger partial charge in [-0.2, -0.15) is 0 Å². The molecular formula is C18H18BrClN2O3. The fourth-order valence-corrected chi connectivity index (χ4v) is 2.37. The van der Waals surface area contributed by atoms with Gasteiger partial charge in [0.25, 0.3) is 11.8 Å². The first-order valence-electron chi connectivity index (χ1n) is 7.69. The van der Waals surface area contributed by atoms with Gasteiger partial charge in [0.1, 0.15) is 5.75 Å². The van der Waals surface area contributed by atoms with Crippen LogP contribution in [0.15, 0.2) is 53.0 Å². The Hall–Kier alpha value is -2.05. The van der Waals surface area contributed by atoms with Gasteiger partial charge in [-0.05, 0) is 55.5 Å². The fourth-order valence-electron chi connectivity index (χ4n) is 1.98. The van der Waals surface area contributed by atoms with Crippen LogP contribution in [-0.4, -0.2) is 31.0 Å². The number of hydrogen-bond donors (Lipinski definition) is 2. The smallest absolute Gasteiger partial charge is 0.260 e. The zero-order valence-electron chi connectivity index (χ0n) is 13.6. The Kier molecular flexibility index (Phi) is 7.28. The molecule has 0 bridgehead atoms. The van der Waals surface area contributed by atoms with Crippen LogP contribution in [0.1, 0.15) is 17.3 Å². The van der Waals surface area contributed by atoms with Crippen LogP contribution in [0.2, 0.25) is 5.02 Å². The normalized spacial score (nSPS) is 11.5. The number of nitrogens with one attached hydrogen (secondary N) is 2. The molecule has 132 valence electrons. The van der Waals surface area contributed by atoms with Crippen molar-refractivity contribution in [3.05, 3.63) is 63.6 Å². The molecule has 2 rings (SSSR count). The molecule has 5 nitrogen and oxygen atoms in total. The highest BCUT2D eigenvalue weighted by molar-refractivity contribution is 9.10. The van der Waals surface area contributed by atoms with Gasteiger partial charge in [0.05, 0.1) is 0 Å². The fraction of sp³-hybridized carbons (Fsp3) is 0.222. The summed E-state index contributed by atoms with van der Waals surface area (Å²) in [5, 5.41) is 6.06. The minimum Gasteiger partial charge on any atom is -0.481 e. The van der Waals surface area contributed by atoms with E-state index in [2.05, 4.69) is 26.6 Å². The van der Waals surface area contributed by atoms with Crippen LogP contribution >= 0.6 is 27.5 Å². The molecule has 0 aliphatic rings. The molecule has 2 N–H and O–H groups in total. The minimum absolute atomic E-state index is 0.188. The lowest BCUT2D eigenvalue weighted by atomic mass is 10.2. The van der Waals surface area contributed by atoms with Crippen molar-refractivity contribution in [3.63, 3.8) is 0 Å². The third-order valence-electron chi connectivity index (χ3n) is 3.31. The van der Waals surface area contributed by atoms with Gasteiger partial charge in [-0.3, -0.25) is 9.59 Å². The van der Waals surface area contributed by atoms with Crippen LogP contribution in [0.3, 0.4) is 0 Å². The van der Waals surface area contributed by atoms with E-state index >= 15 is 0 Å². The summed E-state index contributed by atoms with van der Waals surface area (Å²) in [6.07, 6.45) is -0.650. The maximum Gasteiger partial charge on any atom is 0.260 e. The summed E-state index contributed by atoms with van der Waals surface area (Å²) in [5.41, 5.74) is 0.564. The third kappa shape index (κ3) is 6.40. The first-order chi connectivity index (χ1) is 12.0. The average Bonchev–Trinajstić information content (AvgIpc) is 2.60. The zero-order valence-corrected chi connectivity index (χ0v) is 15.9. The highest BCUT2D eigenvalue weighted by atomic mass is 79.9. The van der Waals surface area contributed by atoms with Crippen LogP contribution in [0.4, 0.5) is 0 Å². The van der Waals surface area contributed by atoms with Gasteiger partial charge in [0.15, 0.2) is 6.10 Å². The molecule has 0 saturated heterocycles. The van der Waals surface area contributed by atoms with E-state index in [1.165, 1.54) is 0 Å². The van der Waals surface area contributed by atoms with Gasteiger partial charge in [-0.15, -0.1) is 0 Å². The van der Waals surface area contributed by atoms with E-state index in [9.17, 15) is 9.59 Å². The monoisotopic (exact) mass is 424 g/mol. The van der Waals surface area contributed by atoms with E-state index in [0.717, 1.165) is 4.47 Å². The molecule has 0 saturated carbocycles. The summed E-state index contributed by atoms with van der Waals surface area (Å²) in [7, 11) is 0. The Morgan fingerprint density at radius 2 is 1.64 bits per heavy atom. The van der Waals surface area contributed by atoms with E-state index in [-0.39, 0.29) is 11.8 Å². The van der Waals surface area contributed by atoms with Crippen LogP contribution < -0.4 is 15.4 Å². The molecule has 2 aromatic rings. The molecule has 0 aliphatic carbocycles. The van der Waals surface area contributed by atoms with Crippen LogP contribution in [0.25, 0.3) is 0 Å². The molecule has 1 unspecified atom stereocenters. The molecular weight excluding hydrogens is 408 g/mol. The highest BCUT2D eigenvalue weighted by Crippen LogP contribution is 2.16. The average molecular weight is 426 g/mol. The number of ether oxygens (including phenoxy) is 1. The lowest BCUT2D eigenvalue weighted by molar-refractivity contribution is -0.127. The van der Waals surface area contributed by atoms with E-state index in [4.69, 9.17) is 16.3 Å². The SMILES string of the molecule is CC(Oc1ccc(Cl)cc1)C(=O)NCCNC(=O)c1ccc(Br)cc1. The first-order valence-corrected chi connectivity index (χ1v) is 8.86. The summed E-state index contributed by atoms with van der Waals surface area (Å²) in [6.45, 7) is 2.30. The minimum atomic E-state index is -0.650. The molecule has 7 heteroatoms. The molecule has 0 radical (unpaired) electrons. The maximum atomic E-state index is 12.0. The summed E-state index contributed by atoms with van der Waals surface area (Å²) in [6, 6.07) is 13.8. The Bertz CT molecular complexity index is 720. The number of carbonyl (C=O) groups excluding carboxylic acids is 2. The maximum absolute atomic E-state index is 12.0. The topological polar surface area (TPSA) is 67.4 Å². The van der Waals surface area contributed by atoms with E-state index in [1.54, 1.807) is 55.5 Å². The zero-order chi connectivity index (χ0) is 18.2. The van der Waals surface area contributed by atoms with Crippen molar-refractivity contribution in [3.8, 4) is 5.75 Å². The van der Waals surface area contributed by atoms with Gasteiger partial charge in [-0.25, -0.2) is 0 Å². The van der Waals surface area contributed by atoms with Crippen LogP contribution in [0.5, 0.6) is 5.75 Å². The van der Waals surface area contributed by atoms with E-state index in [0.29, 0.717) is 29.4 Å². The third-order valence-corrected chi connectivity index (χ3v) is 4.09. The lowest BCUT2D eigenvalue weighted by Gasteiger charge is -2.15. The molecule has 0 aliphatic heterocycles. The van der Waals surface area contributed by atoms with Crippen LogP contribution in [0, 0.1) is 0 Å². The van der Waals surface area contributed by atoms with Gasteiger partial charge in [-0.1, -0.05) is 27.5 Å². The number of benzene rings is 2. The van der Waals surface area contributed by atoms with Crippen molar-refractivity contribution >= 4 is 39.3 Å². The van der Waals surface area contributed by atoms with Gasteiger partial charge in [0, 0.05) is 28.1 Å². The number of hydrogen-bond acceptors (Lipinski definition) is 3. The molecule has 25 heavy (non-hydrogen) atoms. The standard InChI is InChI=1S/C18H18BrClN2O3/c1-12(25-16-8-6-15(20)7-9-16)17(23)21-10-11-22-18(24)13-2-4-14(19)5-3-13/h2-9,12H,10-11H2,1H3,(H,21,23)(H,22,24). The Morgan fingerprint density at radius 3 is 2.28 bits per heavy atom. The number of halogens is 2. The molecule has 0 aromatic heterocycles. The lowest BCUT2D eigenvalue weighted by Crippen LogP contribution is -2.40. The number of rotatable bonds is 7. The Labute approximate surface area is 159 Å². The summed E-state index contributed by atoms with van der Waals surface area (Å²) in [5.74, 6) is 0.121. The van der Waals surface area contributed by atoms with Gasteiger partial charge in [0.2, 0.25) is 0 Å². The Balaban J connectivity index is 1.69. The summed E-state index contributed by atoms with van der Waals surface area (Å²) in [4.78, 5) is 23.9. The van der Waals surface area contributed by atoms with Crippen molar-refractivity contribution < 1.29 is 14.3 Å². The number of carbonyl (C=O) groups is 2. The van der Waals surface area contributed by atoms with Crippen LogP contribution in [-0.2, 0) is 4.79 Å². The molecule has 2 aromatic carbocycles. The molecule has 0 heterocycles. The quantitative estimate of drug-likeness (QED) is 0.668. The summed E-state index contributed by atoms with van der Waals surface area (Å²) >= 11 is 9.12. The molecule has 0 spiro atoms. The summed E-state index contributed by atoms with van der Waals surface area (Å²) < 4.78 is 6.44. The number of amides is 2. The van der Waals surface area contributed by atoms with Gasteiger partial charge >= 0.3 is 0 Å². The largest absolute Gasteiger partial charge is 0.481 e. The Morgan fingerprint density at radius 1 is 1.04 bits per heavy atom. The van der Waals surface area contributed by atoms with E-state index in [1.807, 2.05) is 0 Å². The van der Waals surface area contributed by atoms with Crippen molar-refractivity contribution in [1.82, 2.24) is 10.6 Å². The van der Waals surface area contributed by atoms with Crippen molar-refractivity contribution in [1.29, 1.82) is 0 Å². The second kappa shape index (κ2) is 9.44.